The molecular formula is C13H13ClN2O2S. The lowest BCUT2D eigenvalue weighted by atomic mass is 10.2. The van der Waals surface area contributed by atoms with E-state index in [0.717, 1.165) is 16.3 Å². The molecule has 6 heteroatoms. The van der Waals surface area contributed by atoms with Crippen molar-refractivity contribution in [3.8, 4) is 0 Å². The van der Waals surface area contributed by atoms with Gasteiger partial charge >= 0.3 is 5.97 Å². The van der Waals surface area contributed by atoms with Gasteiger partial charge < -0.3 is 10.0 Å². The standard InChI is InChI=1S/C13H13ClN2O2S/c1-9-12(19-8-15-9)6-16(7-13(17)18)11-4-2-10(14)3-5-11/h2-5,8H,6-7H2,1H3,(H,17,18). The van der Waals surface area contributed by atoms with Gasteiger partial charge in [-0.1, -0.05) is 11.6 Å². The summed E-state index contributed by atoms with van der Waals surface area (Å²) in [5.74, 6) is -0.864. The molecule has 1 aromatic heterocycles. The number of carboxylic acids is 1. The molecule has 0 bridgehead atoms. The highest BCUT2D eigenvalue weighted by Crippen LogP contribution is 2.22. The molecule has 0 radical (unpaired) electrons. The molecule has 0 aliphatic heterocycles. The molecule has 2 rings (SSSR count). The number of carbonyl (C=O) groups is 1. The molecule has 0 fully saturated rings. The summed E-state index contributed by atoms with van der Waals surface area (Å²) in [5, 5.41) is 9.65. The first kappa shape index (κ1) is 13.8. The summed E-state index contributed by atoms with van der Waals surface area (Å²) in [6, 6.07) is 7.15. The summed E-state index contributed by atoms with van der Waals surface area (Å²) in [7, 11) is 0. The van der Waals surface area contributed by atoms with Gasteiger partial charge in [0, 0.05) is 15.6 Å². The second kappa shape index (κ2) is 6.04. The number of halogens is 1. The van der Waals surface area contributed by atoms with Crippen LogP contribution in [-0.2, 0) is 11.3 Å². The van der Waals surface area contributed by atoms with Crippen molar-refractivity contribution in [1.82, 2.24) is 4.98 Å². The van der Waals surface area contributed by atoms with Crippen molar-refractivity contribution in [2.45, 2.75) is 13.5 Å². The van der Waals surface area contributed by atoms with Crippen LogP contribution in [0.5, 0.6) is 0 Å². The number of carboxylic acid groups (broad SMARTS) is 1. The van der Waals surface area contributed by atoms with E-state index in [0.29, 0.717) is 11.6 Å². The van der Waals surface area contributed by atoms with Gasteiger partial charge in [0.25, 0.3) is 0 Å². The smallest absolute Gasteiger partial charge is 0.323 e. The van der Waals surface area contributed by atoms with E-state index < -0.39 is 5.97 Å². The van der Waals surface area contributed by atoms with Gasteiger partial charge in [0.2, 0.25) is 0 Å². The maximum Gasteiger partial charge on any atom is 0.323 e. The summed E-state index contributed by atoms with van der Waals surface area (Å²) in [6.45, 7) is 2.40. The Bertz CT molecular complexity index is 568. The van der Waals surface area contributed by atoms with E-state index in [9.17, 15) is 4.79 Å². The van der Waals surface area contributed by atoms with Crippen LogP contribution in [0.3, 0.4) is 0 Å². The molecular weight excluding hydrogens is 284 g/mol. The summed E-state index contributed by atoms with van der Waals surface area (Å²) < 4.78 is 0. The highest BCUT2D eigenvalue weighted by atomic mass is 35.5. The number of hydrogen-bond acceptors (Lipinski definition) is 4. The Kier molecular flexibility index (Phi) is 4.39. The molecule has 0 saturated heterocycles. The van der Waals surface area contributed by atoms with E-state index in [1.807, 2.05) is 19.1 Å². The van der Waals surface area contributed by atoms with Crippen molar-refractivity contribution >= 4 is 34.6 Å². The van der Waals surface area contributed by atoms with Crippen molar-refractivity contribution in [2.75, 3.05) is 11.4 Å². The zero-order valence-corrected chi connectivity index (χ0v) is 11.9. The van der Waals surface area contributed by atoms with E-state index in [2.05, 4.69) is 4.98 Å². The molecule has 4 nitrogen and oxygen atoms in total. The molecule has 1 aromatic carbocycles. The average Bonchev–Trinajstić information content (AvgIpc) is 2.75. The Morgan fingerprint density at radius 3 is 2.63 bits per heavy atom. The number of nitrogens with zero attached hydrogens (tertiary/aromatic N) is 2. The second-order valence-electron chi connectivity index (χ2n) is 4.09. The van der Waals surface area contributed by atoms with Gasteiger partial charge in [-0.2, -0.15) is 0 Å². The van der Waals surface area contributed by atoms with Gasteiger partial charge in [0.15, 0.2) is 0 Å². The fraction of sp³-hybridized carbons (Fsp3) is 0.231. The van der Waals surface area contributed by atoms with Crippen LogP contribution in [0.2, 0.25) is 5.02 Å². The normalized spacial score (nSPS) is 10.4. The van der Waals surface area contributed by atoms with Crippen molar-refractivity contribution in [3.63, 3.8) is 0 Å². The number of aromatic nitrogens is 1. The maximum atomic E-state index is 11.0. The zero-order valence-electron chi connectivity index (χ0n) is 10.3. The van der Waals surface area contributed by atoms with Gasteiger partial charge in [-0.15, -0.1) is 11.3 Å². The van der Waals surface area contributed by atoms with Crippen LogP contribution in [0.1, 0.15) is 10.6 Å². The van der Waals surface area contributed by atoms with Gasteiger partial charge in [0.1, 0.15) is 6.54 Å². The molecule has 0 aliphatic rings. The molecule has 0 saturated carbocycles. The van der Waals surface area contributed by atoms with E-state index in [-0.39, 0.29) is 6.54 Å². The topological polar surface area (TPSA) is 53.4 Å². The molecule has 0 spiro atoms. The first-order valence-electron chi connectivity index (χ1n) is 5.67. The molecule has 0 unspecified atom stereocenters. The first-order chi connectivity index (χ1) is 9.06. The van der Waals surface area contributed by atoms with E-state index in [4.69, 9.17) is 16.7 Å². The van der Waals surface area contributed by atoms with Crippen molar-refractivity contribution in [1.29, 1.82) is 0 Å². The molecule has 100 valence electrons. The predicted molar refractivity (Wildman–Crippen MR) is 77.0 cm³/mol. The second-order valence-corrected chi connectivity index (χ2v) is 5.46. The van der Waals surface area contributed by atoms with Crippen LogP contribution < -0.4 is 4.90 Å². The number of aliphatic carboxylic acids is 1. The average molecular weight is 297 g/mol. The highest BCUT2D eigenvalue weighted by Gasteiger charge is 2.13. The Hall–Kier alpha value is -1.59. The number of thiazole rings is 1. The van der Waals surface area contributed by atoms with Crippen LogP contribution >= 0.6 is 22.9 Å². The fourth-order valence-electron chi connectivity index (χ4n) is 1.70. The molecule has 0 amide bonds. The highest BCUT2D eigenvalue weighted by molar-refractivity contribution is 7.09. The van der Waals surface area contributed by atoms with E-state index in [1.165, 1.54) is 11.3 Å². The number of aryl methyl sites for hydroxylation is 1. The van der Waals surface area contributed by atoms with E-state index >= 15 is 0 Å². The molecule has 0 atom stereocenters. The van der Waals surface area contributed by atoms with E-state index in [1.54, 1.807) is 22.5 Å². The Labute approximate surface area is 120 Å². The quantitative estimate of drug-likeness (QED) is 0.920. The minimum atomic E-state index is -0.864. The van der Waals surface area contributed by atoms with Gasteiger partial charge in [-0.3, -0.25) is 4.79 Å². The van der Waals surface area contributed by atoms with Gasteiger partial charge in [-0.05, 0) is 31.2 Å². The number of benzene rings is 1. The Balaban J connectivity index is 2.23. The van der Waals surface area contributed by atoms with Crippen LogP contribution in [0.4, 0.5) is 5.69 Å². The van der Waals surface area contributed by atoms with Crippen LogP contribution in [0, 0.1) is 6.92 Å². The van der Waals surface area contributed by atoms with Crippen LogP contribution in [-0.4, -0.2) is 22.6 Å². The van der Waals surface area contributed by atoms with Gasteiger partial charge in [-0.25, -0.2) is 4.98 Å². The summed E-state index contributed by atoms with van der Waals surface area (Å²) in [4.78, 5) is 18.0. The molecule has 19 heavy (non-hydrogen) atoms. The summed E-state index contributed by atoms with van der Waals surface area (Å²) in [6.07, 6.45) is 0. The third-order valence-corrected chi connectivity index (χ3v) is 3.87. The lowest BCUT2D eigenvalue weighted by Crippen LogP contribution is -2.29. The van der Waals surface area contributed by atoms with Crippen LogP contribution in [0.25, 0.3) is 0 Å². The Morgan fingerprint density at radius 1 is 1.42 bits per heavy atom. The fourth-order valence-corrected chi connectivity index (χ4v) is 2.62. The van der Waals surface area contributed by atoms with Crippen molar-refractivity contribution in [2.24, 2.45) is 0 Å². The third kappa shape index (κ3) is 3.68. The molecule has 1 heterocycles. The number of hydrogen-bond donors (Lipinski definition) is 1. The third-order valence-electron chi connectivity index (χ3n) is 2.70. The largest absolute Gasteiger partial charge is 0.480 e. The molecule has 0 aliphatic carbocycles. The number of anilines is 1. The van der Waals surface area contributed by atoms with Crippen molar-refractivity contribution in [3.05, 3.63) is 45.4 Å². The number of rotatable bonds is 5. The SMILES string of the molecule is Cc1ncsc1CN(CC(=O)O)c1ccc(Cl)cc1. The Morgan fingerprint density at radius 2 is 2.11 bits per heavy atom. The lowest BCUT2D eigenvalue weighted by Gasteiger charge is -2.22. The molecule has 2 aromatic rings. The zero-order chi connectivity index (χ0) is 13.8. The maximum absolute atomic E-state index is 11.0. The monoisotopic (exact) mass is 296 g/mol. The molecule has 1 N–H and O–H groups in total. The predicted octanol–water partition coefficient (Wildman–Crippen LogP) is 3.20. The minimum absolute atomic E-state index is 0.0566. The van der Waals surface area contributed by atoms with Gasteiger partial charge in [0.05, 0.1) is 17.7 Å². The lowest BCUT2D eigenvalue weighted by molar-refractivity contribution is -0.135. The summed E-state index contributed by atoms with van der Waals surface area (Å²) in [5.41, 5.74) is 3.54. The first-order valence-corrected chi connectivity index (χ1v) is 6.93. The van der Waals surface area contributed by atoms with Crippen molar-refractivity contribution < 1.29 is 9.90 Å². The van der Waals surface area contributed by atoms with Crippen LogP contribution in [0.15, 0.2) is 29.8 Å². The summed E-state index contributed by atoms with van der Waals surface area (Å²) >= 11 is 7.38. The minimum Gasteiger partial charge on any atom is -0.480 e.